The molecule has 0 aliphatic carbocycles. The van der Waals surface area contributed by atoms with Crippen LogP contribution in [0.2, 0.25) is 0 Å². The van der Waals surface area contributed by atoms with E-state index in [1.165, 1.54) is 0 Å². The molecule has 0 fully saturated rings. The normalized spacial score (nSPS) is 10.5. The van der Waals surface area contributed by atoms with E-state index in [0.29, 0.717) is 0 Å². The number of anilines is 2. The average Bonchev–Trinajstić information content (AvgIpc) is 2.80. The van der Waals surface area contributed by atoms with Gasteiger partial charge >= 0.3 is 0 Å². The van der Waals surface area contributed by atoms with Gasteiger partial charge in [-0.25, -0.2) is 15.0 Å². The van der Waals surface area contributed by atoms with Gasteiger partial charge < -0.3 is 15.2 Å². The van der Waals surface area contributed by atoms with Crippen LogP contribution >= 0.6 is 15.9 Å². The molecule has 2 N–H and O–H groups in total. The minimum atomic E-state index is 0.770. The maximum Gasteiger partial charge on any atom is 0.145 e. The molecular formula is C12H17BrN6. The highest BCUT2D eigenvalue weighted by molar-refractivity contribution is 9.10. The van der Waals surface area contributed by atoms with Crippen LogP contribution in [0.15, 0.2) is 23.2 Å². The molecule has 0 saturated heterocycles. The molecule has 6 nitrogen and oxygen atoms in total. The second kappa shape index (κ2) is 6.51. The van der Waals surface area contributed by atoms with Crippen LogP contribution in [0.5, 0.6) is 0 Å². The summed E-state index contributed by atoms with van der Waals surface area (Å²) in [5, 5.41) is 6.46. The number of halogens is 1. The van der Waals surface area contributed by atoms with Crippen LogP contribution in [-0.4, -0.2) is 32.6 Å². The fraction of sp³-hybridized carbons (Fsp3) is 0.417. The highest BCUT2D eigenvalue weighted by Gasteiger charge is 2.07. The maximum absolute atomic E-state index is 4.28. The predicted molar refractivity (Wildman–Crippen MR) is 79.3 cm³/mol. The van der Waals surface area contributed by atoms with Crippen molar-refractivity contribution in [2.45, 2.75) is 13.3 Å². The number of aromatic nitrogens is 4. The molecule has 2 heterocycles. The molecule has 0 unspecified atom stereocenters. The summed E-state index contributed by atoms with van der Waals surface area (Å²) in [6, 6.07) is 0. The van der Waals surface area contributed by atoms with Crippen LogP contribution in [0.1, 0.15) is 12.7 Å². The van der Waals surface area contributed by atoms with Crippen molar-refractivity contribution in [1.29, 1.82) is 0 Å². The van der Waals surface area contributed by atoms with E-state index in [1.54, 1.807) is 12.5 Å². The lowest BCUT2D eigenvalue weighted by Crippen LogP contribution is -2.11. The largest absolute Gasteiger partial charge is 0.369 e. The van der Waals surface area contributed by atoms with Crippen LogP contribution in [0.4, 0.5) is 11.6 Å². The van der Waals surface area contributed by atoms with Crippen molar-refractivity contribution < 1.29 is 0 Å². The summed E-state index contributed by atoms with van der Waals surface area (Å²) < 4.78 is 2.87. The Kier molecular flexibility index (Phi) is 4.73. The van der Waals surface area contributed by atoms with Gasteiger partial charge in [0, 0.05) is 39.0 Å². The molecule has 2 aromatic rings. The Bertz CT molecular complexity index is 539. The smallest absolute Gasteiger partial charge is 0.145 e. The van der Waals surface area contributed by atoms with E-state index in [1.807, 2.05) is 24.7 Å². The molecule has 0 bridgehead atoms. The van der Waals surface area contributed by atoms with Crippen molar-refractivity contribution in [1.82, 2.24) is 19.5 Å². The van der Waals surface area contributed by atoms with Crippen LogP contribution in [-0.2, 0) is 13.5 Å². The van der Waals surface area contributed by atoms with E-state index in [4.69, 9.17) is 0 Å². The minimum Gasteiger partial charge on any atom is -0.369 e. The quantitative estimate of drug-likeness (QED) is 0.851. The molecule has 0 saturated carbocycles. The number of aryl methyl sites for hydroxylation is 1. The van der Waals surface area contributed by atoms with E-state index >= 15 is 0 Å². The molecule has 2 rings (SSSR count). The third-order valence-corrected chi connectivity index (χ3v) is 3.45. The second-order valence-electron chi connectivity index (χ2n) is 4.05. The molecule has 0 spiro atoms. The summed E-state index contributed by atoms with van der Waals surface area (Å²) in [4.78, 5) is 12.7. The van der Waals surface area contributed by atoms with E-state index in [-0.39, 0.29) is 0 Å². The van der Waals surface area contributed by atoms with E-state index in [9.17, 15) is 0 Å². The van der Waals surface area contributed by atoms with Gasteiger partial charge in [0.25, 0.3) is 0 Å². The lowest BCUT2D eigenvalue weighted by atomic mass is 10.4. The number of nitrogens with one attached hydrogen (secondary N) is 2. The molecule has 0 atom stereocenters. The first kappa shape index (κ1) is 13.8. The third-order valence-electron chi connectivity index (χ3n) is 2.70. The first-order chi connectivity index (χ1) is 9.22. The Hall–Kier alpha value is -1.63. The molecule has 19 heavy (non-hydrogen) atoms. The second-order valence-corrected chi connectivity index (χ2v) is 4.84. The fourth-order valence-electron chi connectivity index (χ4n) is 1.71. The SMILES string of the molecule is CCNc1ncnc(NCCc2nccn2C)c1Br. The zero-order valence-electron chi connectivity index (χ0n) is 11.0. The molecule has 0 aromatic carbocycles. The third kappa shape index (κ3) is 3.44. The zero-order valence-corrected chi connectivity index (χ0v) is 12.6. The van der Waals surface area contributed by atoms with Gasteiger partial charge in [-0.1, -0.05) is 0 Å². The topological polar surface area (TPSA) is 67.7 Å². The van der Waals surface area contributed by atoms with Gasteiger partial charge in [-0.2, -0.15) is 0 Å². The van der Waals surface area contributed by atoms with E-state index in [2.05, 4.69) is 41.5 Å². The monoisotopic (exact) mass is 324 g/mol. The summed E-state index contributed by atoms with van der Waals surface area (Å²) in [6.45, 7) is 3.62. The minimum absolute atomic E-state index is 0.770. The summed E-state index contributed by atoms with van der Waals surface area (Å²) in [5.41, 5.74) is 0. The standard InChI is InChI=1S/C12H17BrN6/c1-3-14-11-10(13)12(18-8-17-11)16-5-4-9-15-6-7-19(9)2/h6-8H,3-5H2,1-2H3,(H2,14,16,17,18). The van der Waals surface area contributed by atoms with Gasteiger partial charge in [0.05, 0.1) is 0 Å². The highest BCUT2D eigenvalue weighted by Crippen LogP contribution is 2.26. The Morgan fingerprint density at radius 1 is 1.21 bits per heavy atom. The van der Waals surface area contributed by atoms with Crippen molar-refractivity contribution in [3.63, 3.8) is 0 Å². The van der Waals surface area contributed by atoms with Crippen molar-refractivity contribution in [2.24, 2.45) is 7.05 Å². The molecule has 0 amide bonds. The number of nitrogens with zero attached hydrogens (tertiary/aromatic N) is 4. The lowest BCUT2D eigenvalue weighted by Gasteiger charge is -2.10. The van der Waals surface area contributed by atoms with Crippen LogP contribution in [0.3, 0.4) is 0 Å². The maximum atomic E-state index is 4.28. The van der Waals surface area contributed by atoms with Gasteiger partial charge in [0.1, 0.15) is 28.3 Å². The van der Waals surface area contributed by atoms with Gasteiger partial charge in [-0.3, -0.25) is 0 Å². The van der Waals surface area contributed by atoms with Gasteiger partial charge in [-0.15, -0.1) is 0 Å². The van der Waals surface area contributed by atoms with Crippen LogP contribution < -0.4 is 10.6 Å². The Morgan fingerprint density at radius 3 is 2.58 bits per heavy atom. The molecule has 0 aliphatic heterocycles. The number of hydrogen-bond acceptors (Lipinski definition) is 5. The van der Waals surface area contributed by atoms with Crippen molar-refractivity contribution in [3.8, 4) is 0 Å². The Morgan fingerprint density at radius 2 is 1.95 bits per heavy atom. The molecule has 102 valence electrons. The molecular weight excluding hydrogens is 308 g/mol. The molecule has 2 aromatic heterocycles. The molecule has 7 heteroatoms. The Balaban J connectivity index is 1.96. The van der Waals surface area contributed by atoms with Gasteiger partial charge in [0.15, 0.2) is 0 Å². The van der Waals surface area contributed by atoms with E-state index < -0.39 is 0 Å². The number of imidazole rings is 1. The van der Waals surface area contributed by atoms with Crippen LogP contribution in [0, 0.1) is 0 Å². The average molecular weight is 325 g/mol. The van der Waals surface area contributed by atoms with Gasteiger partial charge in [0.2, 0.25) is 0 Å². The van der Waals surface area contributed by atoms with Crippen molar-refractivity contribution in [2.75, 3.05) is 23.7 Å². The first-order valence-electron chi connectivity index (χ1n) is 6.16. The summed E-state index contributed by atoms with van der Waals surface area (Å²) >= 11 is 3.50. The zero-order chi connectivity index (χ0) is 13.7. The van der Waals surface area contributed by atoms with Crippen molar-refractivity contribution >= 4 is 27.6 Å². The molecule has 0 aliphatic rings. The first-order valence-corrected chi connectivity index (χ1v) is 6.96. The summed E-state index contributed by atoms with van der Waals surface area (Å²) in [5.74, 6) is 2.64. The van der Waals surface area contributed by atoms with Crippen LogP contribution in [0.25, 0.3) is 0 Å². The predicted octanol–water partition coefficient (Wildman–Crippen LogP) is 2.06. The molecule has 0 radical (unpaired) electrons. The lowest BCUT2D eigenvalue weighted by molar-refractivity contribution is 0.788. The number of rotatable bonds is 6. The van der Waals surface area contributed by atoms with E-state index in [0.717, 1.165) is 41.4 Å². The summed E-state index contributed by atoms with van der Waals surface area (Å²) in [7, 11) is 1.99. The number of hydrogen-bond donors (Lipinski definition) is 2. The highest BCUT2D eigenvalue weighted by atomic mass is 79.9. The Labute approximate surface area is 120 Å². The van der Waals surface area contributed by atoms with Crippen molar-refractivity contribution in [3.05, 3.63) is 29.0 Å². The fourth-order valence-corrected chi connectivity index (χ4v) is 2.20. The summed E-state index contributed by atoms with van der Waals surface area (Å²) in [6.07, 6.45) is 6.14. The van der Waals surface area contributed by atoms with Gasteiger partial charge in [-0.05, 0) is 22.9 Å².